The maximum atomic E-state index is 14.1. The van der Waals surface area contributed by atoms with Gasteiger partial charge in [0.25, 0.3) is 0 Å². The summed E-state index contributed by atoms with van der Waals surface area (Å²) in [4.78, 5) is 51.5. The lowest BCUT2D eigenvalue weighted by Gasteiger charge is -2.08. The van der Waals surface area contributed by atoms with Gasteiger partial charge in [-0.2, -0.15) is 0 Å². The van der Waals surface area contributed by atoms with Crippen molar-refractivity contribution < 1.29 is 35.1 Å². The van der Waals surface area contributed by atoms with Gasteiger partial charge in [0.1, 0.15) is 98.9 Å². The van der Waals surface area contributed by atoms with Crippen LogP contribution in [0.25, 0.3) is 132 Å². The molecule has 0 aliphatic heterocycles. The van der Waals surface area contributed by atoms with Crippen molar-refractivity contribution in [2.24, 2.45) is 0 Å². The average Bonchev–Trinajstić information content (AvgIpc) is 0.748. The average molecular weight is 1740 g/mol. The summed E-state index contributed by atoms with van der Waals surface area (Å²) in [6.07, 6.45) is 0. The van der Waals surface area contributed by atoms with E-state index in [0.29, 0.717) is 63.4 Å². The molecule has 30 heteroatoms. The molecule has 0 amide bonds. The molecule has 0 saturated carbocycles. The monoisotopic (exact) mass is 1730 g/mol. The summed E-state index contributed by atoms with van der Waals surface area (Å²) < 4.78 is 111. The van der Waals surface area contributed by atoms with Crippen LogP contribution in [0.4, 0.5) is 35.1 Å². The zero-order valence-corrected chi connectivity index (χ0v) is 69.1. The zero-order chi connectivity index (χ0) is 82.4. The van der Waals surface area contributed by atoms with Crippen LogP contribution < -0.4 is 0 Å². The summed E-state index contributed by atoms with van der Waals surface area (Å²) >= 11 is 61.2. The van der Waals surface area contributed by atoms with E-state index in [1.54, 1.807) is 27.7 Å². The quantitative estimate of drug-likeness (QED) is 0.105. The number of rotatable bonds is 0. The summed E-state index contributed by atoms with van der Waals surface area (Å²) in [7, 11) is 0. The van der Waals surface area contributed by atoms with Gasteiger partial charge in [0.05, 0.1) is 85.3 Å². The van der Waals surface area contributed by atoms with Gasteiger partial charge in [-0.05, 0) is 247 Å². The number of fused-ring (bicyclic) bond motifs is 12. The molecule has 114 heavy (non-hydrogen) atoms. The van der Waals surface area contributed by atoms with Crippen molar-refractivity contribution >= 4 is 248 Å². The number of nitrogens with zero attached hydrogens (tertiary/aromatic N) is 12. The molecule has 0 saturated heterocycles. The van der Waals surface area contributed by atoms with Gasteiger partial charge in [0.2, 0.25) is 0 Å². The van der Waals surface area contributed by atoms with Crippen LogP contribution in [-0.4, -0.2) is 59.8 Å². The van der Waals surface area contributed by atoms with E-state index in [2.05, 4.69) is 59.8 Å². The van der Waals surface area contributed by atoms with Crippen LogP contribution >= 0.6 is 116 Å². The summed E-state index contributed by atoms with van der Waals surface area (Å²) in [5.41, 5.74) is 16.7. The predicted molar refractivity (Wildman–Crippen MR) is 449 cm³/mol. The Morgan fingerprint density at radius 3 is 0.798 bits per heavy atom. The van der Waals surface area contributed by atoms with E-state index in [4.69, 9.17) is 116 Å². The number of hydrogen-bond acceptors (Lipinski definition) is 12. The minimum absolute atomic E-state index is 0.00680. The van der Waals surface area contributed by atoms with Crippen molar-refractivity contribution in [2.45, 2.75) is 83.1 Å². The first-order valence-corrected chi connectivity index (χ1v) is 38.0. The number of hydrogen-bond donors (Lipinski definition) is 0. The number of aryl methyl sites for hydroxylation is 12. The fraction of sp³-hybridized carbons (Fsp3) is 0.143. The normalized spacial score (nSPS) is 11.4. The molecule has 0 fully saturated rings. The van der Waals surface area contributed by atoms with Crippen molar-refractivity contribution in [2.75, 3.05) is 0 Å². The van der Waals surface area contributed by atoms with Gasteiger partial charge in [-0.25, -0.2) is 94.9 Å². The molecular formula is C84H54Cl10F8N12. The maximum Gasteiger partial charge on any atom is 0.154 e. The van der Waals surface area contributed by atoms with Crippen LogP contribution in [0.1, 0.15) is 66.8 Å². The van der Waals surface area contributed by atoms with Crippen molar-refractivity contribution in [3.63, 3.8) is 0 Å². The molecule has 12 nitrogen and oxygen atoms in total. The second-order valence-electron chi connectivity index (χ2n) is 27.0. The van der Waals surface area contributed by atoms with Crippen molar-refractivity contribution in [1.82, 2.24) is 59.8 Å². The van der Waals surface area contributed by atoms with Crippen LogP contribution in [0.5, 0.6) is 0 Å². The lowest BCUT2D eigenvalue weighted by atomic mass is 10.1. The van der Waals surface area contributed by atoms with Gasteiger partial charge in [-0.1, -0.05) is 128 Å². The molecule has 0 atom stereocenters. The fourth-order valence-electron chi connectivity index (χ4n) is 12.2. The largest absolute Gasteiger partial charge is 0.244 e. The molecule has 0 aliphatic rings. The van der Waals surface area contributed by atoms with Gasteiger partial charge in [-0.3, -0.25) is 0 Å². The molecular weight excluding hydrogens is 1680 g/mol. The molecule has 0 aliphatic carbocycles. The summed E-state index contributed by atoms with van der Waals surface area (Å²) in [6.45, 7) is 20.8. The van der Waals surface area contributed by atoms with E-state index in [1.165, 1.54) is 38.1 Å². The topological polar surface area (TPSA) is 155 Å². The first kappa shape index (κ1) is 82.6. The second-order valence-corrected chi connectivity index (χ2v) is 31.0. The predicted octanol–water partition coefficient (Wildman–Crippen LogP) is 28.0. The number of halogens is 18. The van der Waals surface area contributed by atoms with E-state index >= 15 is 0 Å². The fourth-order valence-corrected chi connectivity index (χ4v) is 14.7. The van der Waals surface area contributed by atoms with Crippen LogP contribution in [0, 0.1) is 130 Å². The third-order valence-electron chi connectivity index (χ3n) is 18.3. The Morgan fingerprint density at radius 2 is 0.439 bits per heavy atom. The summed E-state index contributed by atoms with van der Waals surface area (Å²) in [6, 6.07) is 30.8. The van der Waals surface area contributed by atoms with Gasteiger partial charge in [0, 0.05) is 10.0 Å². The standard InChI is InChI=1S/2C14H8Cl2F2N2.3C14H10Cl2N2.C14H8F4N2/c1-5-3-7-13(9(15)11(5)17)20-8-4-6(2)12(18)10(16)14(8)19-7;1-5-3-7(15)11-13(9(5)17)19-12-8(16)4-6(2)10(18)14(12)20-11;1-7-3-11-13(5-9(7)15)18-12-4-8(2)10(16)6-14(12)17-11;1-7-3-9(15)13-11(5-7)17-14-10(16)4-8(2)6-12(14)18-13;1-7-3-5-9-13(11(7)15)17-10-6-4-8(2)12(16)14(10)18-9;1-5-3-7(15)11-13(9(5)17)19-12-8(16)4-6(2)10(18)14(12)20-11/h2*3-4H,1-2H3;3*3-6H,1-2H3;3-4H,1-2H3. The highest BCUT2D eigenvalue weighted by Gasteiger charge is 2.23. The smallest absolute Gasteiger partial charge is 0.154 e. The number of aromatic nitrogens is 12. The Morgan fingerprint density at radius 1 is 0.175 bits per heavy atom. The van der Waals surface area contributed by atoms with E-state index in [1.807, 2.05) is 114 Å². The molecule has 0 N–H and O–H groups in total. The Kier molecular flexibility index (Phi) is 23.7. The lowest BCUT2D eigenvalue weighted by Crippen LogP contribution is -2.00. The molecule has 0 bridgehead atoms. The van der Waals surface area contributed by atoms with E-state index in [-0.39, 0.29) is 64.3 Å². The molecule has 576 valence electrons. The highest BCUT2D eigenvalue weighted by Crippen LogP contribution is 2.38. The SMILES string of the molecule is Cc1cc(Cl)c2nc3c(F)c(C)cc(Cl)c3nc2c1F.Cc1cc(Cl)c2nc3cc(C)cc(Cl)c3nc2c1.Cc1cc(F)c2nc3c(F)c(C)cc(F)c3nc2c1F.Cc1cc2nc3c(Cl)c(F)c(C)cc3nc2c(Cl)c1F.Cc1cc2nc3cc(Cl)c(C)cc3nc2cc1Cl.Cc1ccc2nc3c(Cl)c(C)ccc3nc2c1Cl. The van der Waals surface area contributed by atoms with Crippen LogP contribution in [0.15, 0.2) is 109 Å². The lowest BCUT2D eigenvalue weighted by molar-refractivity contribution is 0.597. The van der Waals surface area contributed by atoms with Gasteiger partial charge >= 0.3 is 0 Å². The first-order chi connectivity index (χ1) is 53.8. The van der Waals surface area contributed by atoms with Crippen LogP contribution in [0.2, 0.25) is 50.2 Å². The summed E-state index contributed by atoms with van der Waals surface area (Å²) in [5.74, 6) is -5.36. The maximum absolute atomic E-state index is 14.1. The first-order valence-electron chi connectivity index (χ1n) is 34.2. The molecule has 0 radical (unpaired) electrons. The zero-order valence-electron chi connectivity index (χ0n) is 61.6. The molecule has 6 heterocycles. The molecule has 18 aromatic rings. The van der Waals surface area contributed by atoms with E-state index < -0.39 is 68.6 Å². The van der Waals surface area contributed by atoms with E-state index in [0.717, 1.165) is 112 Å². The third-order valence-corrected chi connectivity index (χ3v) is 21.9. The Hall–Kier alpha value is -9.42. The van der Waals surface area contributed by atoms with Crippen LogP contribution in [-0.2, 0) is 0 Å². The number of benzene rings is 12. The van der Waals surface area contributed by atoms with Crippen molar-refractivity contribution in [3.05, 3.63) is 273 Å². The van der Waals surface area contributed by atoms with E-state index in [9.17, 15) is 35.1 Å². The third kappa shape index (κ3) is 16.1. The minimum atomic E-state index is -0.824. The van der Waals surface area contributed by atoms with Crippen molar-refractivity contribution in [1.29, 1.82) is 0 Å². The Labute approximate surface area is 693 Å². The Bertz CT molecular complexity index is 6540. The molecule has 18 rings (SSSR count). The highest BCUT2D eigenvalue weighted by atomic mass is 35.5. The summed E-state index contributed by atoms with van der Waals surface area (Å²) in [5, 5.41) is 4.24. The van der Waals surface area contributed by atoms with Gasteiger partial charge in [0.15, 0.2) is 34.9 Å². The second kappa shape index (κ2) is 32.7. The molecule has 0 unspecified atom stereocenters. The van der Waals surface area contributed by atoms with Crippen molar-refractivity contribution in [3.8, 4) is 0 Å². The van der Waals surface area contributed by atoms with Crippen LogP contribution in [0.3, 0.4) is 0 Å². The molecule has 6 aromatic heterocycles. The van der Waals surface area contributed by atoms with Gasteiger partial charge < -0.3 is 0 Å². The Balaban J connectivity index is 0.000000119. The highest BCUT2D eigenvalue weighted by molar-refractivity contribution is 6.40. The van der Waals surface area contributed by atoms with Gasteiger partial charge in [-0.15, -0.1) is 0 Å². The molecule has 12 aromatic carbocycles. The minimum Gasteiger partial charge on any atom is -0.244 e. The molecule has 0 spiro atoms.